The highest BCUT2D eigenvalue weighted by Crippen LogP contribution is 2.26. The molecule has 1 saturated carbocycles. The maximum absolute atomic E-state index is 11.6. The number of hydrogen-bond acceptors (Lipinski definition) is 2. The summed E-state index contributed by atoms with van der Waals surface area (Å²) in [5, 5.41) is 2.95. The maximum Gasteiger partial charge on any atom is 0.236 e. The minimum atomic E-state index is -0.330. The zero-order chi connectivity index (χ0) is 12.0. The Hall–Kier alpha value is -0.570. The third kappa shape index (κ3) is 4.97. The normalized spacial score (nSPS) is 19.0. The van der Waals surface area contributed by atoms with Crippen LogP contribution in [0.15, 0.2) is 0 Å². The molecule has 1 aliphatic rings. The summed E-state index contributed by atoms with van der Waals surface area (Å²) in [5.41, 5.74) is 5.80. The van der Waals surface area contributed by atoms with Crippen molar-refractivity contribution in [1.29, 1.82) is 0 Å². The van der Waals surface area contributed by atoms with Crippen LogP contribution in [0, 0.1) is 11.8 Å². The van der Waals surface area contributed by atoms with E-state index in [4.69, 9.17) is 5.73 Å². The van der Waals surface area contributed by atoms with Crippen molar-refractivity contribution in [2.45, 2.75) is 58.4 Å². The van der Waals surface area contributed by atoms with Crippen LogP contribution in [-0.2, 0) is 4.79 Å². The molecule has 3 N–H and O–H groups in total. The van der Waals surface area contributed by atoms with E-state index in [0.717, 1.165) is 25.3 Å². The van der Waals surface area contributed by atoms with E-state index in [1.165, 1.54) is 25.7 Å². The van der Waals surface area contributed by atoms with Gasteiger partial charge in [-0.3, -0.25) is 4.79 Å². The first-order valence-electron chi connectivity index (χ1n) is 6.63. The summed E-state index contributed by atoms with van der Waals surface area (Å²) in [6, 6.07) is -0.330. The number of nitrogens with two attached hydrogens (primary N) is 1. The van der Waals surface area contributed by atoms with Crippen LogP contribution in [0.5, 0.6) is 0 Å². The summed E-state index contributed by atoms with van der Waals surface area (Å²) in [6.07, 6.45) is 7.31. The molecule has 1 fully saturated rings. The van der Waals surface area contributed by atoms with Gasteiger partial charge in [0.1, 0.15) is 0 Å². The number of nitrogens with one attached hydrogen (secondary N) is 1. The smallest absolute Gasteiger partial charge is 0.236 e. The van der Waals surface area contributed by atoms with Gasteiger partial charge in [-0.15, -0.1) is 0 Å². The fourth-order valence-electron chi connectivity index (χ4n) is 2.44. The molecule has 0 radical (unpaired) electrons. The Balaban J connectivity index is 2.09. The van der Waals surface area contributed by atoms with Crippen molar-refractivity contribution in [3.63, 3.8) is 0 Å². The minimum Gasteiger partial charge on any atom is -0.355 e. The number of rotatable bonds is 6. The van der Waals surface area contributed by atoms with Gasteiger partial charge in [-0.25, -0.2) is 0 Å². The summed E-state index contributed by atoms with van der Waals surface area (Å²) in [6.45, 7) is 4.98. The summed E-state index contributed by atoms with van der Waals surface area (Å²) < 4.78 is 0. The Morgan fingerprint density at radius 2 is 2.00 bits per heavy atom. The molecular weight excluding hydrogens is 200 g/mol. The molecule has 0 saturated heterocycles. The van der Waals surface area contributed by atoms with E-state index in [2.05, 4.69) is 19.2 Å². The predicted octanol–water partition coefficient (Wildman–Crippen LogP) is 2.06. The highest BCUT2D eigenvalue weighted by Gasteiger charge is 2.17. The molecule has 0 heterocycles. The van der Waals surface area contributed by atoms with Crippen molar-refractivity contribution >= 4 is 5.91 Å². The van der Waals surface area contributed by atoms with Gasteiger partial charge in [0.2, 0.25) is 5.91 Å². The van der Waals surface area contributed by atoms with Crippen molar-refractivity contribution in [2.24, 2.45) is 17.6 Å². The van der Waals surface area contributed by atoms with Gasteiger partial charge in [0, 0.05) is 6.54 Å². The molecule has 0 spiro atoms. The number of carbonyl (C=O) groups excluding carboxylic acids is 1. The van der Waals surface area contributed by atoms with Gasteiger partial charge in [0.15, 0.2) is 0 Å². The molecule has 3 heteroatoms. The quantitative estimate of drug-likeness (QED) is 0.728. The van der Waals surface area contributed by atoms with E-state index in [1.807, 2.05) is 0 Å². The maximum atomic E-state index is 11.6. The summed E-state index contributed by atoms with van der Waals surface area (Å²) >= 11 is 0. The molecule has 0 aromatic carbocycles. The summed E-state index contributed by atoms with van der Waals surface area (Å²) in [7, 11) is 0. The van der Waals surface area contributed by atoms with Crippen LogP contribution < -0.4 is 11.1 Å². The second-order valence-electron chi connectivity index (χ2n) is 5.47. The molecule has 1 unspecified atom stereocenters. The lowest BCUT2D eigenvalue weighted by Gasteiger charge is -2.15. The molecule has 0 aromatic rings. The Kier molecular flexibility index (Phi) is 5.81. The molecular formula is C13H26N2O. The van der Waals surface area contributed by atoms with E-state index >= 15 is 0 Å². The minimum absolute atomic E-state index is 0.0201. The lowest BCUT2D eigenvalue weighted by atomic mass is 10.0. The van der Waals surface area contributed by atoms with Gasteiger partial charge >= 0.3 is 0 Å². The van der Waals surface area contributed by atoms with Gasteiger partial charge in [0.25, 0.3) is 0 Å². The Morgan fingerprint density at radius 3 is 2.56 bits per heavy atom. The van der Waals surface area contributed by atoms with Crippen LogP contribution >= 0.6 is 0 Å². The van der Waals surface area contributed by atoms with Gasteiger partial charge in [-0.05, 0) is 24.7 Å². The molecule has 1 atom stereocenters. The van der Waals surface area contributed by atoms with E-state index in [-0.39, 0.29) is 11.9 Å². The van der Waals surface area contributed by atoms with Crippen molar-refractivity contribution in [3.8, 4) is 0 Å². The van der Waals surface area contributed by atoms with Crippen LogP contribution in [0.2, 0.25) is 0 Å². The molecule has 16 heavy (non-hydrogen) atoms. The van der Waals surface area contributed by atoms with Gasteiger partial charge in [-0.1, -0.05) is 39.5 Å². The molecule has 1 aliphatic carbocycles. The third-order valence-electron chi connectivity index (χ3n) is 3.39. The number of hydrogen-bond donors (Lipinski definition) is 2. The van der Waals surface area contributed by atoms with Crippen LogP contribution in [0.4, 0.5) is 0 Å². The largest absolute Gasteiger partial charge is 0.355 e. The average Bonchev–Trinajstić information content (AvgIpc) is 2.69. The molecule has 1 rings (SSSR count). The molecule has 3 nitrogen and oxygen atoms in total. The lowest BCUT2D eigenvalue weighted by molar-refractivity contribution is -0.122. The second-order valence-corrected chi connectivity index (χ2v) is 5.47. The van der Waals surface area contributed by atoms with Crippen LogP contribution in [-0.4, -0.2) is 18.5 Å². The van der Waals surface area contributed by atoms with Gasteiger partial charge in [-0.2, -0.15) is 0 Å². The van der Waals surface area contributed by atoms with E-state index in [1.54, 1.807) is 0 Å². The first-order valence-corrected chi connectivity index (χ1v) is 6.63. The van der Waals surface area contributed by atoms with Gasteiger partial charge < -0.3 is 11.1 Å². The Bertz CT molecular complexity index is 210. The summed E-state index contributed by atoms with van der Waals surface area (Å²) in [5.74, 6) is 1.34. The monoisotopic (exact) mass is 226 g/mol. The van der Waals surface area contributed by atoms with E-state index in [0.29, 0.717) is 5.92 Å². The molecule has 0 aliphatic heterocycles. The number of carbonyl (C=O) groups is 1. The topological polar surface area (TPSA) is 55.1 Å². The lowest BCUT2D eigenvalue weighted by Crippen LogP contribution is -2.41. The zero-order valence-corrected chi connectivity index (χ0v) is 10.7. The first-order chi connectivity index (χ1) is 7.59. The first kappa shape index (κ1) is 13.5. The number of amides is 1. The highest BCUT2D eigenvalue weighted by atomic mass is 16.2. The Labute approximate surface area is 99.2 Å². The molecule has 94 valence electrons. The fourth-order valence-corrected chi connectivity index (χ4v) is 2.44. The van der Waals surface area contributed by atoms with Crippen molar-refractivity contribution in [3.05, 3.63) is 0 Å². The van der Waals surface area contributed by atoms with E-state index < -0.39 is 0 Å². The molecule has 0 aromatic heterocycles. The SMILES string of the molecule is CC(C)CC(N)C(=O)NCCC1CCCC1. The van der Waals surface area contributed by atoms with Crippen molar-refractivity contribution < 1.29 is 4.79 Å². The Morgan fingerprint density at radius 1 is 1.38 bits per heavy atom. The zero-order valence-electron chi connectivity index (χ0n) is 10.7. The highest BCUT2D eigenvalue weighted by molar-refractivity contribution is 5.81. The van der Waals surface area contributed by atoms with E-state index in [9.17, 15) is 4.79 Å². The predicted molar refractivity (Wildman–Crippen MR) is 67.0 cm³/mol. The summed E-state index contributed by atoms with van der Waals surface area (Å²) in [4.78, 5) is 11.6. The molecule has 0 bridgehead atoms. The second kappa shape index (κ2) is 6.89. The van der Waals surface area contributed by atoms with Gasteiger partial charge in [0.05, 0.1) is 6.04 Å². The van der Waals surface area contributed by atoms with Crippen LogP contribution in [0.3, 0.4) is 0 Å². The van der Waals surface area contributed by atoms with Crippen molar-refractivity contribution in [1.82, 2.24) is 5.32 Å². The fraction of sp³-hybridized carbons (Fsp3) is 0.923. The van der Waals surface area contributed by atoms with Crippen LogP contribution in [0.1, 0.15) is 52.4 Å². The van der Waals surface area contributed by atoms with Crippen LogP contribution in [0.25, 0.3) is 0 Å². The standard InChI is InChI=1S/C13H26N2O/c1-10(2)9-12(14)13(16)15-8-7-11-5-3-4-6-11/h10-12H,3-9,14H2,1-2H3,(H,15,16). The molecule has 1 amide bonds. The average molecular weight is 226 g/mol. The third-order valence-corrected chi connectivity index (χ3v) is 3.39. The van der Waals surface area contributed by atoms with Crippen molar-refractivity contribution in [2.75, 3.05) is 6.54 Å².